The molecule has 0 spiro atoms. The average molecular weight is 261 g/mol. The summed E-state index contributed by atoms with van der Waals surface area (Å²) in [5.41, 5.74) is 8.08. The fourth-order valence-electron chi connectivity index (χ4n) is 2.41. The first-order valence-corrected chi connectivity index (χ1v) is 6.52. The predicted molar refractivity (Wildman–Crippen MR) is 73.7 cm³/mol. The van der Waals surface area contributed by atoms with Crippen molar-refractivity contribution in [3.63, 3.8) is 0 Å². The van der Waals surface area contributed by atoms with E-state index in [2.05, 4.69) is 23.7 Å². The molecule has 0 unspecified atom stereocenters. The predicted octanol–water partition coefficient (Wildman–Crippen LogP) is 2.02. The molecule has 2 heterocycles. The van der Waals surface area contributed by atoms with Crippen LogP contribution in [0.15, 0.2) is 22.6 Å². The van der Waals surface area contributed by atoms with E-state index in [1.807, 2.05) is 18.2 Å². The minimum absolute atomic E-state index is 0.0118. The molecule has 0 radical (unpaired) electrons. The third kappa shape index (κ3) is 2.43. The maximum atomic E-state index is 5.77. The molecular formula is C14H19N3O2. The van der Waals surface area contributed by atoms with Gasteiger partial charge < -0.3 is 14.9 Å². The molecule has 2 N–H and O–H groups in total. The first kappa shape index (κ1) is 12.4. The fourth-order valence-corrected chi connectivity index (χ4v) is 2.41. The number of rotatable bonds is 2. The van der Waals surface area contributed by atoms with E-state index in [9.17, 15) is 0 Å². The lowest BCUT2D eigenvalue weighted by Gasteiger charge is -2.41. The van der Waals surface area contributed by atoms with Crippen molar-refractivity contribution in [2.45, 2.75) is 25.9 Å². The Kier molecular flexibility index (Phi) is 2.95. The van der Waals surface area contributed by atoms with E-state index in [1.54, 1.807) is 0 Å². The van der Waals surface area contributed by atoms with E-state index >= 15 is 0 Å². The number of oxazole rings is 1. The van der Waals surface area contributed by atoms with Crippen LogP contribution in [-0.4, -0.2) is 35.2 Å². The quantitative estimate of drug-likeness (QED) is 0.838. The van der Waals surface area contributed by atoms with E-state index < -0.39 is 0 Å². The average Bonchev–Trinajstić information content (AvgIpc) is 2.73. The fraction of sp³-hybridized carbons (Fsp3) is 0.500. The summed E-state index contributed by atoms with van der Waals surface area (Å²) >= 11 is 0. The molecule has 5 heteroatoms. The summed E-state index contributed by atoms with van der Waals surface area (Å²) in [6.07, 6.45) is 0. The summed E-state index contributed by atoms with van der Waals surface area (Å²) in [5.74, 6) is 0.732. The van der Waals surface area contributed by atoms with Crippen molar-refractivity contribution in [2.24, 2.45) is 0 Å². The molecule has 19 heavy (non-hydrogen) atoms. The van der Waals surface area contributed by atoms with Crippen molar-refractivity contribution >= 4 is 16.8 Å². The highest BCUT2D eigenvalue weighted by molar-refractivity contribution is 5.76. The lowest BCUT2D eigenvalue weighted by atomic mass is 10.0. The van der Waals surface area contributed by atoms with E-state index in [0.29, 0.717) is 12.2 Å². The minimum atomic E-state index is 0.0118. The molecule has 102 valence electrons. The van der Waals surface area contributed by atoms with Crippen molar-refractivity contribution in [3.05, 3.63) is 24.1 Å². The number of hydrogen-bond acceptors (Lipinski definition) is 5. The molecule has 3 rings (SSSR count). The lowest BCUT2D eigenvalue weighted by molar-refractivity contribution is -0.0582. The summed E-state index contributed by atoms with van der Waals surface area (Å²) in [7, 11) is 0. The monoisotopic (exact) mass is 261 g/mol. The summed E-state index contributed by atoms with van der Waals surface area (Å²) < 4.78 is 11.3. The number of benzene rings is 1. The third-order valence-electron chi connectivity index (χ3n) is 3.60. The molecule has 1 aliphatic heterocycles. The van der Waals surface area contributed by atoms with Crippen LogP contribution in [0.2, 0.25) is 0 Å². The molecule has 1 fully saturated rings. The van der Waals surface area contributed by atoms with Gasteiger partial charge in [0.05, 0.1) is 19.8 Å². The second-order valence-corrected chi connectivity index (χ2v) is 5.62. The van der Waals surface area contributed by atoms with Gasteiger partial charge in [0.25, 0.3) is 0 Å². The smallest absolute Gasteiger partial charge is 0.209 e. The number of fused-ring (bicyclic) bond motifs is 1. The molecular weight excluding hydrogens is 242 g/mol. The summed E-state index contributed by atoms with van der Waals surface area (Å²) in [6.45, 7) is 7.44. The zero-order chi connectivity index (χ0) is 13.5. The first-order chi connectivity index (χ1) is 9.04. The van der Waals surface area contributed by atoms with E-state index in [-0.39, 0.29) is 5.54 Å². The van der Waals surface area contributed by atoms with Gasteiger partial charge in [-0.25, -0.2) is 4.98 Å². The summed E-state index contributed by atoms with van der Waals surface area (Å²) in [5, 5.41) is 0. The van der Waals surface area contributed by atoms with Gasteiger partial charge in [0, 0.05) is 17.8 Å². The number of hydrogen-bond donors (Lipinski definition) is 1. The van der Waals surface area contributed by atoms with Crippen LogP contribution in [-0.2, 0) is 11.3 Å². The van der Waals surface area contributed by atoms with Gasteiger partial charge in [-0.05, 0) is 32.0 Å². The number of ether oxygens (including phenoxy) is 1. The number of nitrogens with two attached hydrogens (primary N) is 1. The Labute approximate surface area is 112 Å². The third-order valence-corrected chi connectivity index (χ3v) is 3.60. The van der Waals surface area contributed by atoms with Gasteiger partial charge in [-0.15, -0.1) is 0 Å². The van der Waals surface area contributed by atoms with Crippen LogP contribution in [0.1, 0.15) is 19.7 Å². The number of nitrogens with zero attached hydrogens (tertiary/aromatic N) is 2. The van der Waals surface area contributed by atoms with Crippen LogP contribution in [0, 0.1) is 0 Å². The van der Waals surface area contributed by atoms with Crippen molar-refractivity contribution in [3.8, 4) is 0 Å². The molecule has 1 saturated heterocycles. The molecule has 0 amide bonds. The molecule has 5 nitrogen and oxygen atoms in total. The maximum absolute atomic E-state index is 5.77. The van der Waals surface area contributed by atoms with Crippen LogP contribution in [0.4, 0.5) is 5.69 Å². The Morgan fingerprint density at radius 3 is 3.05 bits per heavy atom. The highest BCUT2D eigenvalue weighted by Gasteiger charge is 2.31. The second kappa shape index (κ2) is 4.51. The maximum Gasteiger partial charge on any atom is 0.209 e. The van der Waals surface area contributed by atoms with Gasteiger partial charge >= 0.3 is 0 Å². The zero-order valence-corrected chi connectivity index (χ0v) is 11.3. The SMILES string of the molecule is CC1(C)COCCN1Cc1nc2cc(N)ccc2o1. The van der Waals surface area contributed by atoms with E-state index in [0.717, 1.165) is 36.7 Å². The van der Waals surface area contributed by atoms with E-state index in [4.69, 9.17) is 14.9 Å². The van der Waals surface area contributed by atoms with Crippen LogP contribution >= 0.6 is 0 Å². The van der Waals surface area contributed by atoms with Gasteiger partial charge in [0.15, 0.2) is 5.58 Å². The molecule has 0 saturated carbocycles. The van der Waals surface area contributed by atoms with Gasteiger partial charge in [-0.1, -0.05) is 0 Å². The molecule has 1 aliphatic rings. The van der Waals surface area contributed by atoms with Crippen molar-refractivity contribution in [1.29, 1.82) is 0 Å². The lowest BCUT2D eigenvalue weighted by Crippen LogP contribution is -2.52. The highest BCUT2D eigenvalue weighted by atomic mass is 16.5. The van der Waals surface area contributed by atoms with Gasteiger partial charge in [0.2, 0.25) is 5.89 Å². The standard InChI is InChI=1S/C14H19N3O2/c1-14(2)9-18-6-5-17(14)8-13-16-11-7-10(15)3-4-12(11)19-13/h3-4,7H,5-6,8-9,15H2,1-2H3. The zero-order valence-electron chi connectivity index (χ0n) is 11.3. The van der Waals surface area contributed by atoms with Crippen LogP contribution in [0.25, 0.3) is 11.1 Å². The minimum Gasteiger partial charge on any atom is -0.439 e. The molecule has 0 aliphatic carbocycles. The van der Waals surface area contributed by atoms with E-state index in [1.165, 1.54) is 0 Å². The van der Waals surface area contributed by atoms with Crippen molar-refractivity contribution < 1.29 is 9.15 Å². The van der Waals surface area contributed by atoms with Crippen LogP contribution < -0.4 is 5.73 Å². The van der Waals surface area contributed by atoms with Gasteiger partial charge in [0.1, 0.15) is 5.52 Å². The van der Waals surface area contributed by atoms with Crippen molar-refractivity contribution in [1.82, 2.24) is 9.88 Å². The highest BCUT2D eigenvalue weighted by Crippen LogP contribution is 2.24. The van der Waals surface area contributed by atoms with Gasteiger partial charge in [-0.2, -0.15) is 0 Å². The van der Waals surface area contributed by atoms with Crippen molar-refractivity contribution in [2.75, 3.05) is 25.5 Å². The Bertz CT molecular complexity index is 591. The Morgan fingerprint density at radius 2 is 2.26 bits per heavy atom. The molecule has 1 aromatic heterocycles. The summed E-state index contributed by atoms with van der Waals surface area (Å²) in [4.78, 5) is 6.84. The second-order valence-electron chi connectivity index (χ2n) is 5.62. The first-order valence-electron chi connectivity index (χ1n) is 6.52. The number of aromatic nitrogens is 1. The largest absolute Gasteiger partial charge is 0.439 e. The van der Waals surface area contributed by atoms with Crippen LogP contribution in [0.3, 0.4) is 0 Å². The molecule has 0 bridgehead atoms. The Morgan fingerprint density at radius 1 is 1.42 bits per heavy atom. The Balaban J connectivity index is 1.84. The number of nitrogen functional groups attached to an aromatic ring is 1. The Hall–Kier alpha value is -1.59. The number of anilines is 1. The summed E-state index contributed by atoms with van der Waals surface area (Å²) in [6, 6.07) is 5.54. The topological polar surface area (TPSA) is 64.5 Å². The van der Waals surface area contributed by atoms with Gasteiger partial charge in [-0.3, -0.25) is 4.90 Å². The number of morpholine rings is 1. The normalized spacial score (nSPS) is 19.9. The molecule has 2 aromatic rings. The van der Waals surface area contributed by atoms with Crippen LogP contribution in [0.5, 0.6) is 0 Å². The molecule has 0 atom stereocenters. The molecule has 1 aromatic carbocycles.